The molecule has 28 heavy (non-hydrogen) atoms. The van der Waals surface area contributed by atoms with E-state index < -0.39 is 52.6 Å². The van der Waals surface area contributed by atoms with E-state index in [2.05, 4.69) is 17.9 Å². The van der Waals surface area contributed by atoms with Crippen LogP contribution in [0.1, 0.15) is 42.9 Å². The minimum absolute atomic E-state index is 0. The number of hydrogen-bond acceptors (Lipinski definition) is 8. The zero-order valence-corrected chi connectivity index (χ0v) is 18.7. The van der Waals surface area contributed by atoms with Gasteiger partial charge in [0.1, 0.15) is 18.6 Å². The second kappa shape index (κ2) is 12.9. The van der Waals surface area contributed by atoms with E-state index in [4.69, 9.17) is 14.0 Å². The van der Waals surface area contributed by atoms with Crippen molar-refractivity contribution in [3.05, 3.63) is 24.3 Å². The maximum Gasteiger partial charge on any atom is 2.00 e. The number of rotatable bonds is 12. The number of unbranched alkanes of at least 4 members (excludes halogenated alkanes) is 1. The van der Waals surface area contributed by atoms with Crippen molar-refractivity contribution in [2.45, 2.75) is 40.0 Å². The zero-order valence-electron chi connectivity index (χ0n) is 18.5. The molecule has 1 N–H and O–H groups in total. The van der Waals surface area contributed by atoms with E-state index in [1.165, 1.54) is 13.8 Å². The molecule has 0 atom stereocenters. The number of esters is 3. The minimum Gasteiger partial charge on any atom is -1.00 e. The molecule has 0 spiro atoms. The first-order valence-electron chi connectivity index (χ1n) is 8.12. The Morgan fingerprint density at radius 3 is 1.75 bits per heavy atom. The van der Waals surface area contributed by atoms with Crippen molar-refractivity contribution >= 4 is 51.1 Å². The van der Waals surface area contributed by atoms with Crippen molar-refractivity contribution in [3.63, 3.8) is 0 Å². The molecule has 9 nitrogen and oxygen atoms in total. The second-order valence-corrected chi connectivity index (χ2v) is 7.63. The molecule has 0 aromatic heterocycles. The first-order chi connectivity index (χ1) is 12.3. The van der Waals surface area contributed by atoms with Crippen molar-refractivity contribution in [1.29, 1.82) is 0 Å². The first-order valence-corrected chi connectivity index (χ1v) is 9.73. The van der Waals surface area contributed by atoms with Crippen LogP contribution in [0, 0.1) is 5.41 Å². The molecule has 0 aromatic carbocycles. The molecule has 0 amide bonds. The molecule has 0 fully saturated rings. The van der Waals surface area contributed by atoms with Crippen molar-refractivity contribution in [1.82, 2.24) is 0 Å². The molecule has 0 saturated carbocycles. The summed E-state index contributed by atoms with van der Waals surface area (Å²) in [5, 5.41) is 0. The minimum atomic E-state index is -4.58. The van der Waals surface area contributed by atoms with E-state index in [9.17, 15) is 22.8 Å². The van der Waals surface area contributed by atoms with Gasteiger partial charge in [0.2, 0.25) is 5.94 Å². The topological polar surface area (TPSA) is 133 Å². The van der Waals surface area contributed by atoms with Gasteiger partial charge in [-0.1, -0.05) is 32.9 Å². The molecule has 0 saturated heterocycles. The van der Waals surface area contributed by atoms with E-state index in [0.717, 1.165) is 0 Å². The van der Waals surface area contributed by atoms with E-state index in [1.807, 2.05) is 6.92 Å². The Labute approximate surface area is 184 Å². The van der Waals surface area contributed by atoms with Crippen LogP contribution in [-0.4, -0.2) is 73.1 Å². The van der Waals surface area contributed by atoms with Crippen molar-refractivity contribution in [2.24, 2.45) is 5.41 Å². The summed E-state index contributed by atoms with van der Waals surface area (Å²) < 4.78 is 45.3. The predicted molar refractivity (Wildman–Crippen MR) is 104 cm³/mol. The molecule has 0 aliphatic heterocycles. The largest absolute Gasteiger partial charge is 2.00 e. The van der Waals surface area contributed by atoms with Gasteiger partial charge >= 0.3 is 51.1 Å². The fourth-order valence-electron chi connectivity index (χ4n) is 1.86. The molecule has 0 unspecified atom stereocenters. The number of ether oxygens (including phenoxy) is 3. The summed E-state index contributed by atoms with van der Waals surface area (Å²) in [5.41, 5.74) is -1.47. The van der Waals surface area contributed by atoms with Crippen LogP contribution in [0.3, 0.4) is 0 Å². The Balaban J connectivity index is -0.00000113. The average Bonchev–Trinajstić information content (AvgIpc) is 2.57. The average molecular weight is 433 g/mol. The van der Waals surface area contributed by atoms with Gasteiger partial charge in [0.05, 0.1) is 0 Å². The predicted octanol–water partition coefficient (Wildman–Crippen LogP) is 1.63. The van der Waals surface area contributed by atoms with Crippen molar-refractivity contribution in [3.8, 4) is 0 Å². The molecule has 0 rings (SSSR count). The van der Waals surface area contributed by atoms with Crippen LogP contribution in [0.25, 0.3) is 0 Å². The standard InChI is InChI=1S/C17H26O9S.Mg.2H/c1-6-7-8-17(9-24-14(18)12(2)3,10-25-15(19)13(4)5)16(20)26-11-27(21,22)23;;;/h2,4,6-11H2,1,3,5H3,(H,21,22,23);;;/q;+2;2*-1. The monoisotopic (exact) mass is 432 g/mol. The summed E-state index contributed by atoms with van der Waals surface area (Å²) in [7, 11) is -4.58. The van der Waals surface area contributed by atoms with Gasteiger partial charge in [0.25, 0.3) is 0 Å². The third-order valence-electron chi connectivity index (χ3n) is 3.44. The maximum atomic E-state index is 12.6. The normalized spacial score (nSPS) is 11.0. The van der Waals surface area contributed by atoms with E-state index in [0.29, 0.717) is 12.8 Å². The summed E-state index contributed by atoms with van der Waals surface area (Å²) in [4.78, 5) is 36.0. The Kier molecular flexibility index (Phi) is 13.3. The second-order valence-electron chi connectivity index (χ2n) is 6.23. The van der Waals surface area contributed by atoms with Crippen LogP contribution >= 0.6 is 0 Å². The number of hydrogen-bond donors (Lipinski definition) is 1. The van der Waals surface area contributed by atoms with E-state index >= 15 is 0 Å². The van der Waals surface area contributed by atoms with Gasteiger partial charge in [0.15, 0.2) is 0 Å². The summed E-state index contributed by atoms with van der Waals surface area (Å²) in [5.74, 6) is -3.91. The molecule has 0 radical (unpaired) electrons. The third kappa shape index (κ3) is 10.8. The Morgan fingerprint density at radius 2 is 1.43 bits per heavy atom. The van der Waals surface area contributed by atoms with E-state index in [1.54, 1.807) is 0 Å². The van der Waals surface area contributed by atoms with Crippen molar-refractivity contribution in [2.75, 3.05) is 19.2 Å². The summed E-state index contributed by atoms with van der Waals surface area (Å²) in [6.45, 7) is 10.5. The number of carbonyl (C=O) groups is 3. The molecule has 0 aromatic rings. The van der Waals surface area contributed by atoms with Crippen LogP contribution in [0.2, 0.25) is 0 Å². The quantitative estimate of drug-likeness (QED) is 0.160. The SMILES string of the molecule is C=C(C)C(=O)OCC(CCCC)(COC(=O)C(=C)C)C(=O)OCS(=O)(=O)O.[H-].[H-].[Mg+2]. The Hall–Kier alpha value is -1.43. The summed E-state index contributed by atoms with van der Waals surface area (Å²) in [6, 6.07) is 0. The Morgan fingerprint density at radius 1 is 1.00 bits per heavy atom. The molecule has 0 heterocycles. The molecular weight excluding hydrogens is 405 g/mol. The van der Waals surface area contributed by atoms with Gasteiger partial charge < -0.3 is 17.1 Å². The summed E-state index contributed by atoms with van der Waals surface area (Å²) >= 11 is 0. The van der Waals surface area contributed by atoms with Crippen LogP contribution in [-0.2, 0) is 38.7 Å². The smallest absolute Gasteiger partial charge is 1.00 e. The Bertz CT molecular complexity index is 678. The van der Waals surface area contributed by atoms with Crippen LogP contribution in [0.4, 0.5) is 0 Å². The van der Waals surface area contributed by atoms with Gasteiger partial charge in [0, 0.05) is 11.1 Å². The fourth-order valence-corrected chi connectivity index (χ4v) is 2.11. The molecule has 0 aliphatic rings. The first kappa shape index (κ1) is 28.8. The van der Waals surface area contributed by atoms with Gasteiger partial charge in [-0.2, -0.15) is 8.42 Å². The maximum absolute atomic E-state index is 12.6. The molecule has 0 bridgehead atoms. The van der Waals surface area contributed by atoms with Gasteiger partial charge in [-0.05, 0) is 20.3 Å². The van der Waals surface area contributed by atoms with Gasteiger partial charge in [-0.15, -0.1) is 0 Å². The van der Waals surface area contributed by atoms with E-state index in [-0.39, 0.29) is 43.5 Å². The van der Waals surface area contributed by atoms with Crippen LogP contribution in [0.15, 0.2) is 24.3 Å². The molecular formula is C17H28MgO9S. The van der Waals surface area contributed by atoms with Gasteiger partial charge in [-0.25, -0.2) is 9.59 Å². The van der Waals surface area contributed by atoms with Crippen LogP contribution in [0.5, 0.6) is 0 Å². The van der Waals surface area contributed by atoms with Crippen LogP contribution < -0.4 is 0 Å². The third-order valence-corrected chi connectivity index (χ3v) is 3.85. The molecule has 158 valence electrons. The molecule has 0 aliphatic carbocycles. The summed E-state index contributed by atoms with van der Waals surface area (Å²) in [6.07, 6.45) is 1.20. The van der Waals surface area contributed by atoms with Crippen molar-refractivity contribution < 1.29 is 44.4 Å². The fraction of sp³-hybridized carbons (Fsp3) is 0.588. The number of carbonyl (C=O) groups excluding carboxylic acids is 3. The van der Waals surface area contributed by atoms with Gasteiger partial charge in [-0.3, -0.25) is 9.35 Å². The molecule has 11 heteroatoms. The zero-order chi connectivity index (χ0) is 21.3.